The molecule has 7 heteroatoms. The summed E-state index contributed by atoms with van der Waals surface area (Å²) in [6.07, 6.45) is 0. The van der Waals surface area contributed by atoms with Crippen LogP contribution in [0, 0.1) is 0 Å². The van der Waals surface area contributed by atoms with Crippen LogP contribution >= 0.6 is 27.5 Å². The van der Waals surface area contributed by atoms with E-state index in [0.29, 0.717) is 30.3 Å². The van der Waals surface area contributed by atoms with Crippen LogP contribution in [0.1, 0.15) is 21.5 Å². The summed E-state index contributed by atoms with van der Waals surface area (Å²) in [5.74, 6) is 0.195. The molecule has 29 heavy (non-hydrogen) atoms. The number of rotatable bonds is 8. The number of carboxylic acids is 1. The van der Waals surface area contributed by atoms with E-state index in [1.54, 1.807) is 19.2 Å². The summed E-state index contributed by atoms with van der Waals surface area (Å²) >= 11 is 9.64. The zero-order valence-corrected chi connectivity index (χ0v) is 18.0. The van der Waals surface area contributed by atoms with E-state index >= 15 is 0 Å². The highest BCUT2D eigenvalue weighted by atomic mass is 79.9. The highest BCUT2D eigenvalue weighted by Crippen LogP contribution is 2.37. The molecule has 0 atom stereocenters. The minimum absolute atomic E-state index is 0.0617. The first-order valence-electron chi connectivity index (χ1n) is 8.78. The van der Waals surface area contributed by atoms with Crippen LogP contribution in [0.15, 0.2) is 65.1 Å². The number of methoxy groups -OCH3 is 1. The standard InChI is InChI=1S/C22H19BrClNO4/c1-28-20-10-9-18(23)17(21(20)29-13-14-5-3-2-4-6-14)12-25-15-7-8-16(22(26)27)19(24)11-15/h2-11,25H,12-13H2,1H3,(H,26,27). The van der Waals surface area contributed by atoms with E-state index in [4.69, 9.17) is 26.2 Å². The van der Waals surface area contributed by atoms with Crippen molar-refractivity contribution in [3.63, 3.8) is 0 Å². The third-order valence-corrected chi connectivity index (χ3v) is 5.34. The van der Waals surface area contributed by atoms with Crippen molar-refractivity contribution in [2.45, 2.75) is 13.2 Å². The smallest absolute Gasteiger partial charge is 0.337 e. The average Bonchev–Trinajstić information content (AvgIpc) is 2.72. The van der Waals surface area contributed by atoms with Crippen molar-refractivity contribution in [3.8, 4) is 11.5 Å². The Hall–Kier alpha value is -2.70. The lowest BCUT2D eigenvalue weighted by Crippen LogP contribution is -2.07. The van der Waals surface area contributed by atoms with Crippen molar-refractivity contribution in [1.29, 1.82) is 0 Å². The molecule has 0 bridgehead atoms. The predicted octanol–water partition coefficient (Wildman–Crippen LogP) is 6.00. The van der Waals surface area contributed by atoms with Crippen LogP contribution in [0.25, 0.3) is 0 Å². The van der Waals surface area contributed by atoms with Gasteiger partial charge in [0.1, 0.15) is 6.61 Å². The zero-order chi connectivity index (χ0) is 20.8. The van der Waals surface area contributed by atoms with E-state index in [9.17, 15) is 4.79 Å². The highest BCUT2D eigenvalue weighted by Gasteiger charge is 2.16. The fourth-order valence-corrected chi connectivity index (χ4v) is 3.50. The van der Waals surface area contributed by atoms with E-state index in [2.05, 4.69) is 21.2 Å². The van der Waals surface area contributed by atoms with Crippen LogP contribution in [0.2, 0.25) is 5.02 Å². The Morgan fingerprint density at radius 2 is 1.90 bits per heavy atom. The van der Waals surface area contributed by atoms with Gasteiger partial charge in [-0.05, 0) is 35.9 Å². The molecule has 0 amide bonds. The highest BCUT2D eigenvalue weighted by molar-refractivity contribution is 9.10. The van der Waals surface area contributed by atoms with Gasteiger partial charge >= 0.3 is 5.97 Å². The average molecular weight is 477 g/mol. The van der Waals surface area contributed by atoms with Gasteiger partial charge in [-0.2, -0.15) is 0 Å². The van der Waals surface area contributed by atoms with Crippen molar-refractivity contribution < 1.29 is 19.4 Å². The van der Waals surface area contributed by atoms with Crippen LogP contribution in [-0.2, 0) is 13.2 Å². The third kappa shape index (κ3) is 5.22. The normalized spacial score (nSPS) is 10.4. The predicted molar refractivity (Wildman–Crippen MR) is 117 cm³/mol. The van der Waals surface area contributed by atoms with Crippen LogP contribution in [-0.4, -0.2) is 18.2 Å². The molecule has 0 saturated carbocycles. The Kier molecular flexibility index (Phi) is 7.01. The van der Waals surface area contributed by atoms with Gasteiger partial charge in [0, 0.05) is 22.3 Å². The number of ether oxygens (including phenoxy) is 2. The molecular weight excluding hydrogens is 458 g/mol. The fourth-order valence-electron chi connectivity index (χ4n) is 2.78. The summed E-state index contributed by atoms with van der Waals surface area (Å²) in [5, 5.41) is 12.5. The molecule has 0 aromatic heterocycles. The number of hydrogen-bond acceptors (Lipinski definition) is 4. The first-order chi connectivity index (χ1) is 14.0. The van der Waals surface area contributed by atoms with Gasteiger partial charge in [0.2, 0.25) is 0 Å². The largest absolute Gasteiger partial charge is 0.493 e. The van der Waals surface area contributed by atoms with Crippen LogP contribution < -0.4 is 14.8 Å². The zero-order valence-electron chi connectivity index (χ0n) is 15.6. The molecule has 0 saturated heterocycles. The number of carbonyl (C=O) groups is 1. The molecule has 0 aliphatic heterocycles. The Labute approximate surface area is 182 Å². The van der Waals surface area contributed by atoms with Crippen LogP contribution in [0.3, 0.4) is 0 Å². The first kappa shape index (κ1) is 21.0. The Morgan fingerprint density at radius 1 is 1.14 bits per heavy atom. The topological polar surface area (TPSA) is 67.8 Å². The number of carboxylic acid groups (broad SMARTS) is 1. The third-order valence-electron chi connectivity index (χ3n) is 4.28. The Balaban J connectivity index is 1.82. The maximum Gasteiger partial charge on any atom is 0.337 e. The van der Waals surface area contributed by atoms with E-state index < -0.39 is 5.97 Å². The Bertz CT molecular complexity index is 1010. The molecule has 3 rings (SSSR count). The van der Waals surface area contributed by atoms with Crippen molar-refractivity contribution >= 4 is 39.2 Å². The number of hydrogen-bond donors (Lipinski definition) is 2. The lowest BCUT2D eigenvalue weighted by atomic mass is 10.1. The summed E-state index contributed by atoms with van der Waals surface area (Å²) in [5.41, 5.74) is 2.68. The number of anilines is 1. The summed E-state index contributed by atoms with van der Waals surface area (Å²) in [4.78, 5) is 11.1. The molecule has 5 nitrogen and oxygen atoms in total. The van der Waals surface area contributed by atoms with Gasteiger partial charge in [-0.25, -0.2) is 4.79 Å². The quantitative estimate of drug-likeness (QED) is 0.417. The van der Waals surface area contributed by atoms with Crippen molar-refractivity contribution in [3.05, 3.63) is 86.8 Å². The molecule has 0 aliphatic rings. The van der Waals surface area contributed by atoms with Gasteiger partial charge in [-0.1, -0.05) is 57.9 Å². The number of nitrogens with one attached hydrogen (secondary N) is 1. The molecule has 0 fully saturated rings. The molecule has 3 aromatic carbocycles. The second-order valence-corrected chi connectivity index (χ2v) is 7.45. The first-order valence-corrected chi connectivity index (χ1v) is 9.95. The van der Waals surface area contributed by atoms with Crippen molar-refractivity contribution in [2.75, 3.05) is 12.4 Å². The molecule has 0 spiro atoms. The molecule has 0 aliphatic carbocycles. The van der Waals surface area contributed by atoms with Gasteiger partial charge in [-0.3, -0.25) is 0 Å². The minimum Gasteiger partial charge on any atom is -0.493 e. The molecule has 3 aromatic rings. The van der Waals surface area contributed by atoms with Gasteiger partial charge in [0.15, 0.2) is 11.5 Å². The van der Waals surface area contributed by atoms with Gasteiger partial charge in [-0.15, -0.1) is 0 Å². The van der Waals surface area contributed by atoms with E-state index in [1.165, 1.54) is 6.07 Å². The molecular formula is C22H19BrClNO4. The van der Waals surface area contributed by atoms with E-state index in [1.807, 2.05) is 42.5 Å². The molecule has 150 valence electrons. The molecule has 2 N–H and O–H groups in total. The molecule has 0 heterocycles. The fraction of sp³-hybridized carbons (Fsp3) is 0.136. The maximum atomic E-state index is 11.1. The van der Waals surface area contributed by atoms with E-state index in [0.717, 1.165) is 15.6 Å². The summed E-state index contributed by atoms with van der Waals surface area (Å²) in [7, 11) is 1.60. The molecule has 0 unspecified atom stereocenters. The van der Waals surface area contributed by atoms with Gasteiger partial charge in [0.05, 0.1) is 17.7 Å². The van der Waals surface area contributed by atoms with E-state index in [-0.39, 0.29) is 10.6 Å². The SMILES string of the molecule is COc1ccc(Br)c(CNc2ccc(C(=O)O)c(Cl)c2)c1OCc1ccccc1. The van der Waals surface area contributed by atoms with Crippen molar-refractivity contribution in [1.82, 2.24) is 0 Å². The van der Waals surface area contributed by atoms with Crippen LogP contribution in [0.4, 0.5) is 5.69 Å². The maximum absolute atomic E-state index is 11.1. The summed E-state index contributed by atoms with van der Waals surface area (Å²) in [6.45, 7) is 0.824. The van der Waals surface area contributed by atoms with Crippen LogP contribution in [0.5, 0.6) is 11.5 Å². The second kappa shape index (κ2) is 9.67. The van der Waals surface area contributed by atoms with Gasteiger partial charge in [0.25, 0.3) is 0 Å². The van der Waals surface area contributed by atoms with Gasteiger partial charge < -0.3 is 19.9 Å². The lowest BCUT2D eigenvalue weighted by Gasteiger charge is -2.18. The summed E-state index contributed by atoms with van der Waals surface area (Å²) in [6, 6.07) is 18.3. The second-order valence-electron chi connectivity index (χ2n) is 6.18. The monoisotopic (exact) mass is 475 g/mol. The number of aromatic carboxylic acids is 1. The minimum atomic E-state index is -1.06. The Morgan fingerprint density at radius 3 is 2.55 bits per heavy atom. The summed E-state index contributed by atoms with van der Waals surface area (Å²) < 4.78 is 12.4. The van der Waals surface area contributed by atoms with Crippen molar-refractivity contribution in [2.24, 2.45) is 0 Å². The molecule has 0 radical (unpaired) electrons. The number of benzene rings is 3. The number of halogens is 2. The lowest BCUT2D eigenvalue weighted by molar-refractivity contribution is 0.0697.